The number of amides is 2. The molecule has 0 bridgehead atoms. The molecule has 4 nitrogen and oxygen atoms in total. The summed E-state index contributed by atoms with van der Waals surface area (Å²) < 4.78 is 0. The van der Waals surface area contributed by atoms with E-state index in [4.69, 9.17) is 0 Å². The standard InChI is InChI=1S/C16H30N2O2/c1-5-8-9-10-11-12-18-14(19)13(4)17-15(20)16(18,6-2)7-3/h13H,5-12H2,1-4H3,(H,17,20). The topological polar surface area (TPSA) is 49.4 Å². The van der Waals surface area contributed by atoms with Gasteiger partial charge >= 0.3 is 0 Å². The summed E-state index contributed by atoms with van der Waals surface area (Å²) in [5, 5.41) is 2.83. The molecule has 0 radical (unpaired) electrons. The van der Waals surface area contributed by atoms with Gasteiger partial charge in [0.1, 0.15) is 11.6 Å². The summed E-state index contributed by atoms with van der Waals surface area (Å²) in [5.74, 6) is 0.0898. The van der Waals surface area contributed by atoms with Gasteiger partial charge in [0, 0.05) is 6.54 Å². The normalized spacial score (nSPS) is 22.0. The van der Waals surface area contributed by atoms with Crippen molar-refractivity contribution in [2.75, 3.05) is 6.54 Å². The third-order valence-corrected chi connectivity index (χ3v) is 4.58. The highest BCUT2D eigenvalue weighted by Crippen LogP contribution is 2.29. The summed E-state index contributed by atoms with van der Waals surface area (Å²) in [6.07, 6.45) is 7.18. The third-order valence-electron chi connectivity index (χ3n) is 4.58. The van der Waals surface area contributed by atoms with Gasteiger partial charge in [-0.1, -0.05) is 46.5 Å². The number of nitrogens with zero attached hydrogens (tertiary/aromatic N) is 1. The summed E-state index contributed by atoms with van der Waals surface area (Å²) in [5.41, 5.74) is -0.631. The van der Waals surface area contributed by atoms with Crippen LogP contribution in [0.2, 0.25) is 0 Å². The van der Waals surface area contributed by atoms with E-state index in [1.54, 1.807) is 6.92 Å². The molecule has 20 heavy (non-hydrogen) atoms. The molecule has 0 spiro atoms. The highest BCUT2D eigenvalue weighted by atomic mass is 16.2. The van der Waals surface area contributed by atoms with Crippen LogP contribution >= 0.6 is 0 Å². The highest BCUT2D eigenvalue weighted by molar-refractivity contribution is 5.99. The summed E-state index contributed by atoms with van der Waals surface area (Å²) in [4.78, 5) is 26.7. The molecule has 1 N–H and O–H groups in total. The van der Waals surface area contributed by atoms with E-state index in [0.29, 0.717) is 19.4 Å². The number of unbranched alkanes of at least 4 members (excludes halogenated alkanes) is 4. The Balaban J connectivity index is 2.74. The zero-order chi connectivity index (χ0) is 15.2. The molecule has 1 atom stereocenters. The number of carbonyl (C=O) groups excluding carboxylic acids is 2. The molecule has 4 heteroatoms. The summed E-state index contributed by atoms with van der Waals surface area (Å²) in [7, 11) is 0. The molecule has 0 aromatic carbocycles. The minimum atomic E-state index is -0.631. The lowest BCUT2D eigenvalue weighted by Gasteiger charge is -2.47. The molecule has 1 fully saturated rings. The summed E-state index contributed by atoms with van der Waals surface area (Å²) in [6.45, 7) is 8.67. The molecule has 0 aliphatic carbocycles. The zero-order valence-electron chi connectivity index (χ0n) is 13.5. The van der Waals surface area contributed by atoms with Crippen molar-refractivity contribution in [3.05, 3.63) is 0 Å². The van der Waals surface area contributed by atoms with Crippen molar-refractivity contribution in [2.45, 2.75) is 84.2 Å². The monoisotopic (exact) mass is 282 g/mol. The van der Waals surface area contributed by atoms with Gasteiger partial charge in [-0.05, 0) is 26.2 Å². The van der Waals surface area contributed by atoms with Crippen LogP contribution in [0.3, 0.4) is 0 Å². The lowest BCUT2D eigenvalue weighted by molar-refractivity contribution is -0.157. The molecule has 1 unspecified atom stereocenters. The maximum Gasteiger partial charge on any atom is 0.246 e. The van der Waals surface area contributed by atoms with Gasteiger partial charge in [-0.25, -0.2) is 0 Å². The first-order valence-electron chi connectivity index (χ1n) is 8.15. The zero-order valence-corrected chi connectivity index (χ0v) is 13.5. The van der Waals surface area contributed by atoms with Crippen LogP contribution in [0, 0.1) is 0 Å². The van der Waals surface area contributed by atoms with Crippen LogP contribution in [0.25, 0.3) is 0 Å². The van der Waals surface area contributed by atoms with Crippen LogP contribution < -0.4 is 5.32 Å². The van der Waals surface area contributed by atoms with Gasteiger partial charge in [0.25, 0.3) is 0 Å². The predicted molar refractivity (Wildman–Crippen MR) is 81.4 cm³/mol. The van der Waals surface area contributed by atoms with E-state index in [1.807, 2.05) is 18.7 Å². The molecule has 0 saturated carbocycles. The molecule has 1 rings (SSSR count). The maximum atomic E-state index is 12.4. The molecule has 1 aliphatic heterocycles. The number of nitrogens with one attached hydrogen (secondary N) is 1. The Bertz CT molecular complexity index is 337. The quantitative estimate of drug-likeness (QED) is 0.696. The Morgan fingerprint density at radius 3 is 2.20 bits per heavy atom. The van der Waals surface area contributed by atoms with Gasteiger partial charge in [-0.2, -0.15) is 0 Å². The fraction of sp³-hybridized carbons (Fsp3) is 0.875. The van der Waals surface area contributed by atoms with Gasteiger partial charge in [-0.3, -0.25) is 9.59 Å². The minimum absolute atomic E-state index is 0.0168. The molecule has 1 aliphatic rings. The van der Waals surface area contributed by atoms with E-state index >= 15 is 0 Å². The average Bonchev–Trinajstić information content (AvgIpc) is 2.44. The van der Waals surface area contributed by atoms with Crippen LogP contribution in [-0.4, -0.2) is 34.8 Å². The Morgan fingerprint density at radius 2 is 1.65 bits per heavy atom. The first kappa shape index (κ1) is 17.0. The number of rotatable bonds is 8. The van der Waals surface area contributed by atoms with E-state index in [9.17, 15) is 9.59 Å². The van der Waals surface area contributed by atoms with Crippen molar-refractivity contribution in [3.63, 3.8) is 0 Å². The second kappa shape index (κ2) is 7.65. The molecule has 1 heterocycles. The molecule has 0 aromatic rings. The summed E-state index contributed by atoms with van der Waals surface area (Å²) in [6, 6.07) is -0.385. The number of hydrogen-bond donors (Lipinski definition) is 1. The first-order valence-corrected chi connectivity index (χ1v) is 8.15. The lowest BCUT2D eigenvalue weighted by Crippen LogP contribution is -2.69. The first-order chi connectivity index (χ1) is 9.53. The third kappa shape index (κ3) is 3.33. The second-order valence-electron chi connectivity index (χ2n) is 5.84. The van der Waals surface area contributed by atoms with Crippen molar-refractivity contribution in [1.82, 2.24) is 10.2 Å². The molecule has 1 saturated heterocycles. The number of piperazine rings is 1. The SMILES string of the molecule is CCCCCCCN1C(=O)C(C)NC(=O)C1(CC)CC. The van der Waals surface area contributed by atoms with E-state index in [2.05, 4.69) is 12.2 Å². The van der Waals surface area contributed by atoms with E-state index in [-0.39, 0.29) is 17.9 Å². The second-order valence-corrected chi connectivity index (χ2v) is 5.84. The number of carbonyl (C=O) groups is 2. The van der Waals surface area contributed by atoms with Crippen molar-refractivity contribution in [3.8, 4) is 0 Å². The molecular weight excluding hydrogens is 252 g/mol. The van der Waals surface area contributed by atoms with Crippen molar-refractivity contribution < 1.29 is 9.59 Å². The highest BCUT2D eigenvalue weighted by Gasteiger charge is 2.48. The number of hydrogen-bond acceptors (Lipinski definition) is 2. The van der Waals surface area contributed by atoms with Crippen LogP contribution in [0.4, 0.5) is 0 Å². The molecule has 116 valence electrons. The van der Waals surface area contributed by atoms with Gasteiger partial charge in [0.15, 0.2) is 0 Å². The molecular formula is C16H30N2O2. The molecule has 2 amide bonds. The summed E-state index contributed by atoms with van der Waals surface area (Å²) >= 11 is 0. The molecule has 0 aromatic heterocycles. The van der Waals surface area contributed by atoms with Gasteiger partial charge in [-0.15, -0.1) is 0 Å². The van der Waals surface area contributed by atoms with Crippen LogP contribution in [0.5, 0.6) is 0 Å². The fourth-order valence-corrected chi connectivity index (χ4v) is 3.11. The Kier molecular flexibility index (Phi) is 6.50. The van der Waals surface area contributed by atoms with Gasteiger partial charge in [0.2, 0.25) is 11.8 Å². The lowest BCUT2D eigenvalue weighted by atomic mass is 9.85. The minimum Gasteiger partial charge on any atom is -0.343 e. The average molecular weight is 282 g/mol. The van der Waals surface area contributed by atoms with Gasteiger partial charge < -0.3 is 10.2 Å². The van der Waals surface area contributed by atoms with E-state index < -0.39 is 5.54 Å². The van der Waals surface area contributed by atoms with Crippen LogP contribution in [0.15, 0.2) is 0 Å². The predicted octanol–water partition coefficient (Wildman–Crippen LogP) is 2.86. The van der Waals surface area contributed by atoms with Crippen molar-refractivity contribution in [1.29, 1.82) is 0 Å². The smallest absolute Gasteiger partial charge is 0.246 e. The Labute approximate surface area is 123 Å². The van der Waals surface area contributed by atoms with Crippen LogP contribution in [0.1, 0.15) is 72.6 Å². The van der Waals surface area contributed by atoms with E-state index in [1.165, 1.54) is 19.3 Å². The van der Waals surface area contributed by atoms with Crippen LogP contribution in [-0.2, 0) is 9.59 Å². The largest absolute Gasteiger partial charge is 0.343 e. The fourth-order valence-electron chi connectivity index (χ4n) is 3.11. The Morgan fingerprint density at radius 1 is 1.05 bits per heavy atom. The van der Waals surface area contributed by atoms with Crippen molar-refractivity contribution in [2.24, 2.45) is 0 Å². The Hall–Kier alpha value is -1.06. The maximum absolute atomic E-state index is 12.4. The van der Waals surface area contributed by atoms with E-state index in [0.717, 1.165) is 12.8 Å². The van der Waals surface area contributed by atoms with Gasteiger partial charge in [0.05, 0.1) is 0 Å². The van der Waals surface area contributed by atoms with Crippen molar-refractivity contribution >= 4 is 11.8 Å².